The summed E-state index contributed by atoms with van der Waals surface area (Å²) in [5, 5.41) is 1.48. The van der Waals surface area contributed by atoms with Gasteiger partial charge < -0.3 is 10.5 Å². The zero-order chi connectivity index (χ0) is 24.6. The maximum absolute atomic E-state index is 12.8. The highest BCUT2D eigenvalue weighted by atomic mass is 19.4. The largest absolute Gasteiger partial charge is 0.573 e. The quantitative estimate of drug-likeness (QED) is 0.509. The molecule has 5 nitrogen and oxygen atoms in total. The van der Waals surface area contributed by atoms with Gasteiger partial charge in [-0.3, -0.25) is 0 Å². The maximum atomic E-state index is 12.8. The average Bonchev–Trinajstić information content (AvgIpc) is 3.11. The Balaban J connectivity index is 1.59. The molecule has 0 amide bonds. The molecule has 1 aliphatic carbocycles. The third-order valence-electron chi connectivity index (χ3n) is 6.58. The van der Waals surface area contributed by atoms with Gasteiger partial charge in [0.25, 0.3) is 0 Å². The fourth-order valence-electron chi connectivity index (χ4n) is 4.92. The molecule has 0 aromatic heterocycles. The second-order valence-corrected chi connectivity index (χ2v) is 8.91. The lowest BCUT2D eigenvalue weighted by molar-refractivity contribution is -0.274. The van der Waals surface area contributed by atoms with Crippen LogP contribution in [0.15, 0.2) is 71.7 Å². The number of hydroxylamine groups is 2. The van der Waals surface area contributed by atoms with E-state index in [1.807, 2.05) is 24.3 Å². The summed E-state index contributed by atoms with van der Waals surface area (Å²) in [5.74, 6) is 0.0211. The number of aliphatic imine (C=N–C) groups is 1. The first-order valence-electron chi connectivity index (χ1n) is 11.6. The smallest absolute Gasteiger partial charge is 0.406 e. The molecular weight excluding hydrogens is 455 g/mol. The van der Waals surface area contributed by atoms with Gasteiger partial charge in [-0.25, -0.2) is 14.9 Å². The van der Waals surface area contributed by atoms with Crippen LogP contribution in [0.3, 0.4) is 0 Å². The number of guanidine groups is 1. The van der Waals surface area contributed by atoms with Gasteiger partial charge in [-0.15, -0.1) is 13.2 Å². The molecule has 1 unspecified atom stereocenters. The van der Waals surface area contributed by atoms with Gasteiger partial charge in [0.15, 0.2) is 0 Å². The first-order valence-corrected chi connectivity index (χ1v) is 11.6. The molecule has 0 saturated carbocycles. The summed E-state index contributed by atoms with van der Waals surface area (Å²) in [6.07, 6.45) is -0.708. The van der Waals surface area contributed by atoms with Crippen LogP contribution in [0, 0.1) is 0 Å². The van der Waals surface area contributed by atoms with Gasteiger partial charge in [-0.1, -0.05) is 48.5 Å². The molecule has 1 spiro atoms. The Kier molecular flexibility index (Phi) is 5.92. The van der Waals surface area contributed by atoms with Gasteiger partial charge >= 0.3 is 6.36 Å². The highest BCUT2D eigenvalue weighted by Gasteiger charge is 2.42. The first-order chi connectivity index (χ1) is 16.7. The predicted octanol–water partition coefficient (Wildman–Crippen LogP) is 5.72. The van der Waals surface area contributed by atoms with Gasteiger partial charge in [0.2, 0.25) is 11.7 Å². The van der Waals surface area contributed by atoms with E-state index in [9.17, 15) is 13.2 Å². The van der Waals surface area contributed by atoms with Crippen LogP contribution < -0.4 is 10.5 Å². The van der Waals surface area contributed by atoms with Gasteiger partial charge in [-0.2, -0.15) is 0 Å². The van der Waals surface area contributed by atoms with Crippen LogP contribution in [0.4, 0.5) is 13.2 Å². The number of nitrogens with zero attached hydrogens (tertiary/aromatic N) is 2. The molecule has 2 N–H and O–H groups in total. The zero-order valence-electron chi connectivity index (χ0n) is 19.3. The monoisotopic (exact) mass is 481 g/mol. The van der Waals surface area contributed by atoms with Gasteiger partial charge in [0.1, 0.15) is 5.75 Å². The van der Waals surface area contributed by atoms with Crippen molar-refractivity contribution in [2.45, 2.75) is 44.2 Å². The van der Waals surface area contributed by atoms with Crippen molar-refractivity contribution >= 4 is 5.96 Å². The topological polar surface area (TPSA) is 60.1 Å². The fourth-order valence-corrected chi connectivity index (χ4v) is 4.92. The maximum Gasteiger partial charge on any atom is 0.573 e. The Morgan fingerprint density at radius 2 is 1.63 bits per heavy atom. The van der Waals surface area contributed by atoms with E-state index in [4.69, 9.17) is 15.6 Å². The summed E-state index contributed by atoms with van der Waals surface area (Å²) in [6.45, 7) is 0. The minimum atomic E-state index is -4.75. The molecule has 35 heavy (non-hydrogen) atoms. The summed E-state index contributed by atoms with van der Waals surface area (Å²) in [7, 11) is 1.72. The van der Waals surface area contributed by atoms with Crippen molar-refractivity contribution in [3.8, 4) is 16.9 Å². The molecule has 8 heteroatoms. The number of hydrogen-bond donors (Lipinski definition) is 1. The van der Waals surface area contributed by atoms with E-state index in [1.54, 1.807) is 19.2 Å². The Bertz CT molecular complexity index is 1270. The lowest BCUT2D eigenvalue weighted by Crippen LogP contribution is -2.33. The van der Waals surface area contributed by atoms with Gasteiger partial charge in [0.05, 0.1) is 0 Å². The number of alkyl halides is 3. The predicted molar refractivity (Wildman–Crippen MR) is 127 cm³/mol. The van der Waals surface area contributed by atoms with Crippen molar-refractivity contribution in [2.24, 2.45) is 10.7 Å². The van der Waals surface area contributed by atoms with Crippen LogP contribution in [0.25, 0.3) is 11.1 Å². The summed E-state index contributed by atoms with van der Waals surface area (Å²) in [6, 6.07) is 20.3. The first kappa shape index (κ1) is 23.2. The molecule has 1 aliphatic heterocycles. The van der Waals surface area contributed by atoms with Crippen molar-refractivity contribution in [1.29, 1.82) is 0 Å². The standard InChI is InChI=1S/C27H26F3N3O2/c1-33-25(31)32-26(35-33)15-14-19-7-3-2-6-18(19)8-4-9-20-12-13-22(17-24(20)26)21-10-5-11-23(16-21)34-27(28,29)30/h2-3,5-7,10-13,16-17H,4,8-9,14-15H2,1H3,(H2,31,32). The van der Waals surface area contributed by atoms with Gasteiger partial charge in [-0.05, 0) is 71.7 Å². The van der Waals surface area contributed by atoms with E-state index < -0.39 is 12.1 Å². The van der Waals surface area contributed by atoms with E-state index in [0.717, 1.165) is 42.4 Å². The van der Waals surface area contributed by atoms with E-state index in [-0.39, 0.29) is 11.7 Å². The number of benzene rings is 3. The van der Waals surface area contributed by atoms with Crippen LogP contribution in [0.1, 0.15) is 35.1 Å². The molecular formula is C27H26F3N3O2. The van der Waals surface area contributed by atoms with Crippen molar-refractivity contribution in [3.63, 3.8) is 0 Å². The van der Waals surface area contributed by atoms with E-state index in [0.29, 0.717) is 12.0 Å². The molecule has 2 aliphatic rings. The SMILES string of the molecule is CN1OC2(CCc3ccccc3CCCc3ccc(-c4cccc(OC(F)(F)F)c4)cc32)N=C1N. The molecule has 3 aromatic rings. The molecule has 1 heterocycles. The molecule has 1 atom stereocenters. The van der Waals surface area contributed by atoms with Crippen LogP contribution in [-0.4, -0.2) is 24.4 Å². The number of halogens is 3. The van der Waals surface area contributed by atoms with Crippen LogP contribution in [0.5, 0.6) is 5.75 Å². The molecule has 182 valence electrons. The number of ether oxygens (including phenoxy) is 1. The summed E-state index contributed by atoms with van der Waals surface area (Å²) in [5.41, 5.74) is 11.0. The van der Waals surface area contributed by atoms with E-state index in [1.165, 1.54) is 28.3 Å². The van der Waals surface area contributed by atoms with Crippen molar-refractivity contribution in [3.05, 3.63) is 89.0 Å². The number of aryl methyl sites for hydroxylation is 3. The lowest BCUT2D eigenvalue weighted by atomic mass is 9.85. The number of rotatable bonds is 2. The van der Waals surface area contributed by atoms with E-state index in [2.05, 4.69) is 22.9 Å². The fraction of sp³-hybridized carbons (Fsp3) is 0.296. The number of fused-ring (bicyclic) bond motifs is 3. The molecule has 0 fully saturated rings. The summed E-state index contributed by atoms with van der Waals surface area (Å²) >= 11 is 0. The minimum absolute atomic E-state index is 0.263. The molecule has 0 saturated heterocycles. The summed E-state index contributed by atoms with van der Waals surface area (Å²) in [4.78, 5) is 11.1. The second kappa shape index (κ2) is 8.92. The minimum Gasteiger partial charge on any atom is -0.406 e. The molecule has 0 radical (unpaired) electrons. The third kappa shape index (κ3) is 4.84. The van der Waals surface area contributed by atoms with Crippen LogP contribution in [0.2, 0.25) is 0 Å². The molecule has 5 rings (SSSR count). The summed E-state index contributed by atoms with van der Waals surface area (Å²) < 4.78 is 42.4. The second-order valence-electron chi connectivity index (χ2n) is 8.91. The molecule has 0 bridgehead atoms. The Labute approximate surface area is 201 Å². The van der Waals surface area contributed by atoms with Crippen molar-refractivity contribution in [2.75, 3.05) is 7.05 Å². The third-order valence-corrected chi connectivity index (χ3v) is 6.58. The van der Waals surface area contributed by atoms with Crippen molar-refractivity contribution in [1.82, 2.24) is 5.06 Å². The van der Waals surface area contributed by atoms with Gasteiger partial charge in [0, 0.05) is 19.0 Å². The Hall–Kier alpha value is -3.52. The van der Waals surface area contributed by atoms with Crippen LogP contribution >= 0.6 is 0 Å². The molecule has 3 aromatic carbocycles. The van der Waals surface area contributed by atoms with Crippen LogP contribution in [-0.2, 0) is 29.8 Å². The highest BCUT2D eigenvalue weighted by molar-refractivity contribution is 5.79. The Morgan fingerprint density at radius 3 is 2.34 bits per heavy atom. The average molecular weight is 482 g/mol. The zero-order valence-corrected chi connectivity index (χ0v) is 19.3. The number of nitrogens with two attached hydrogens (primary N) is 1. The van der Waals surface area contributed by atoms with Crippen molar-refractivity contribution < 1.29 is 22.7 Å². The lowest BCUT2D eigenvalue weighted by Gasteiger charge is -2.30. The Morgan fingerprint density at radius 1 is 0.914 bits per heavy atom. The highest BCUT2D eigenvalue weighted by Crippen LogP contribution is 2.42. The number of hydrogen-bond acceptors (Lipinski definition) is 5. The normalized spacial score (nSPS) is 20.2. The van der Waals surface area contributed by atoms with E-state index >= 15 is 0 Å².